The molecule has 0 saturated carbocycles. The Morgan fingerprint density at radius 1 is 1.52 bits per heavy atom. The van der Waals surface area contributed by atoms with Gasteiger partial charge in [0.2, 0.25) is 11.8 Å². The molecule has 2 aromatic heterocycles. The number of nitrogens with one attached hydrogen (secondary N) is 1. The molecule has 2 rings (SSSR count). The fourth-order valence-corrected chi connectivity index (χ4v) is 2.40. The number of oxazole rings is 1. The number of aromatic nitrogens is 1. The van der Waals surface area contributed by atoms with Crippen molar-refractivity contribution in [2.45, 2.75) is 33.3 Å². The number of nitrogens with zero attached hydrogens (tertiary/aromatic N) is 1. The molecule has 114 valence electrons. The number of aliphatic hydroxyl groups is 1. The number of carbonyl (C=O) groups excluding carboxylic acids is 1. The zero-order chi connectivity index (χ0) is 15.4. The highest BCUT2D eigenvalue weighted by atomic mass is 32.1. The average molecular weight is 308 g/mol. The van der Waals surface area contributed by atoms with Gasteiger partial charge in [-0.05, 0) is 24.3 Å². The van der Waals surface area contributed by atoms with Crippen molar-refractivity contribution in [2.75, 3.05) is 6.54 Å². The zero-order valence-electron chi connectivity index (χ0n) is 12.4. The van der Waals surface area contributed by atoms with Gasteiger partial charge in [0, 0.05) is 17.5 Å². The number of thiophene rings is 1. The largest absolute Gasteiger partial charge is 0.441 e. The number of amides is 1. The summed E-state index contributed by atoms with van der Waals surface area (Å²) in [6.45, 7) is 5.87. The van der Waals surface area contributed by atoms with E-state index in [1.807, 2.05) is 30.7 Å². The molecular formula is C15H20N2O3S. The van der Waals surface area contributed by atoms with E-state index in [0.29, 0.717) is 17.3 Å². The van der Waals surface area contributed by atoms with Crippen molar-refractivity contribution >= 4 is 17.2 Å². The van der Waals surface area contributed by atoms with Crippen molar-refractivity contribution in [3.63, 3.8) is 0 Å². The maximum absolute atomic E-state index is 11.9. The van der Waals surface area contributed by atoms with Crippen molar-refractivity contribution in [3.05, 3.63) is 28.3 Å². The lowest BCUT2D eigenvalue weighted by atomic mass is 10.1. The van der Waals surface area contributed by atoms with Crippen LogP contribution in [0.15, 0.2) is 21.2 Å². The van der Waals surface area contributed by atoms with Crippen molar-refractivity contribution in [2.24, 2.45) is 5.92 Å². The maximum atomic E-state index is 11.9. The van der Waals surface area contributed by atoms with Crippen molar-refractivity contribution in [1.29, 1.82) is 0 Å². The van der Waals surface area contributed by atoms with Gasteiger partial charge in [0.1, 0.15) is 5.76 Å². The summed E-state index contributed by atoms with van der Waals surface area (Å²) in [5.74, 6) is 1.14. The summed E-state index contributed by atoms with van der Waals surface area (Å²) >= 11 is 1.57. The van der Waals surface area contributed by atoms with Gasteiger partial charge in [0.05, 0.1) is 18.2 Å². The molecule has 0 aliphatic heterocycles. The molecule has 2 heterocycles. The lowest BCUT2D eigenvalue weighted by molar-refractivity contribution is -0.121. The molecule has 0 spiro atoms. The average Bonchev–Trinajstić information content (AvgIpc) is 3.06. The summed E-state index contributed by atoms with van der Waals surface area (Å²) in [6.07, 6.45) is -0.377. The normalized spacial score (nSPS) is 12.6. The number of aryl methyl sites for hydroxylation is 1. The monoisotopic (exact) mass is 308 g/mol. The summed E-state index contributed by atoms with van der Waals surface area (Å²) < 4.78 is 5.59. The van der Waals surface area contributed by atoms with Crippen LogP contribution in [0, 0.1) is 12.8 Å². The highest BCUT2D eigenvalue weighted by molar-refractivity contribution is 7.08. The fraction of sp³-hybridized carbons (Fsp3) is 0.467. The lowest BCUT2D eigenvalue weighted by Crippen LogP contribution is -2.35. The first-order valence-electron chi connectivity index (χ1n) is 6.91. The van der Waals surface area contributed by atoms with Crippen LogP contribution in [-0.2, 0) is 11.2 Å². The topological polar surface area (TPSA) is 75.4 Å². The second-order valence-corrected chi connectivity index (χ2v) is 6.11. The van der Waals surface area contributed by atoms with Gasteiger partial charge in [0.15, 0.2) is 0 Å². The van der Waals surface area contributed by atoms with Crippen LogP contribution >= 0.6 is 11.3 Å². The number of aliphatic hydroxyl groups excluding tert-OH is 1. The lowest BCUT2D eigenvalue weighted by Gasteiger charge is -2.14. The molecule has 2 N–H and O–H groups in total. The summed E-state index contributed by atoms with van der Waals surface area (Å²) in [5.41, 5.74) is 1.55. The molecule has 1 unspecified atom stereocenters. The first-order chi connectivity index (χ1) is 9.97. The van der Waals surface area contributed by atoms with Gasteiger partial charge in [-0.1, -0.05) is 13.8 Å². The SMILES string of the molecule is Cc1oc(-c2ccsc2)nc1CC(=O)NCC(O)C(C)C. The van der Waals surface area contributed by atoms with Crippen LogP contribution in [0.4, 0.5) is 0 Å². The molecule has 0 bridgehead atoms. The molecule has 6 heteroatoms. The number of rotatable bonds is 6. The Morgan fingerprint density at radius 3 is 2.90 bits per heavy atom. The van der Waals surface area contributed by atoms with Crippen LogP contribution in [0.1, 0.15) is 25.3 Å². The number of hydrogen-bond acceptors (Lipinski definition) is 5. The van der Waals surface area contributed by atoms with Gasteiger partial charge in [-0.25, -0.2) is 4.98 Å². The fourth-order valence-electron chi connectivity index (χ4n) is 1.77. The van der Waals surface area contributed by atoms with Crippen LogP contribution in [0.25, 0.3) is 11.5 Å². The Morgan fingerprint density at radius 2 is 2.29 bits per heavy atom. The third-order valence-electron chi connectivity index (χ3n) is 3.27. The van der Waals surface area contributed by atoms with Gasteiger partial charge in [0.25, 0.3) is 0 Å². The van der Waals surface area contributed by atoms with Crippen LogP contribution < -0.4 is 5.32 Å². The van der Waals surface area contributed by atoms with Crippen LogP contribution in [0.5, 0.6) is 0 Å². The number of carbonyl (C=O) groups is 1. The zero-order valence-corrected chi connectivity index (χ0v) is 13.2. The predicted octanol–water partition coefficient (Wildman–Crippen LogP) is 2.39. The Balaban J connectivity index is 1.95. The molecular weight excluding hydrogens is 288 g/mol. The van der Waals surface area contributed by atoms with E-state index in [0.717, 1.165) is 5.56 Å². The van der Waals surface area contributed by atoms with Crippen LogP contribution in [-0.4, -0.2) is 28.6 Å². The predicted molar refractivity (Wildman–Crippen MR) is 82.1 cm³/mol. The van der Waals surface area contributed by atoms with Gasteiger partial charge in [-0.15, -0.1) is 0 Å². The number of hydrogen-bond donors (Lipinski definition) is 2. The van der Waals surface area contributed by atoms with E-state index in [4.69, 9.17) is 4.42 Å². The molecule has 0 saturated heterocycles. The summed E-state index contributed by atoms with van der Waals surface area (Å²) in [4.78, 5) is 16.3. The Labute approximate surface area is 128 Å². The molecule has 0 fully saturated rings. The first-order valence-corrected chi connectivity index (χ1v) is 7.85. The van der Waals surface area contributed by atoms with E-state index >= 15 is 0 Å². The van der Waals surface area contributed by atoms with E-state index in [2.05, 4.69) is 10.3 Å². The van der Waals surface area contributed by atoms with Gasteiger partial charge in [-0.2, -0.15) is 11.3 Å². The Kier molecular flexibility index (Phi) is 5.14. The molecule has 21 heavy (non-hydrogen) atoms. The standard InChI is InChI=1S/C15H20N2O3S/c1-9(2)13(18)7-16-14(19)6-12-10(3)20-15(17-12)11-4-5-21-8-11/h4-5,8-9,13,18H,6-7H2,1-3H3,(H,16,19). The summed E-state index contributed by atoms with van der Waals surface area (Å²) in [5, 5.41) is 16.3. The van der Waals surface area contributed by atoms with E-state index in [9.17, 15) is 9.90 Å². The summed E-state index contributed by atoms with van der Waals surface area (Å²) in [7, 11) is 0. The third kappa shape index (κ3) is 4.15. The van der Waals surface area contributed by atoms with Crippen molar-refractivity contribution in [1.82, 2.24) is 10.3 Å². The van der Waals surface area contributed by atoms with Crippen molar-refractivity contribution < 1.29 is 14.3 Å². The minimum atomic E-state index is -0.534. The van der Waals surface area contributed by atoms with Crippen LogP contribution in [0.2, 0.25) is 0 Å². The molecule has 0 aliphatic rings. The van der Waals surface area contributed by atoms with Crippen molar-refractivity contribution in [3.8, 4) is 11.5 Å². The first kappa shape index (κ1) is 15.7. The highest BCUT2D eigenvalue weighted by Gasteiger charge is 2.16. The van der Waals surface area contributed by atoms with E-state index in [1.165, 1.54) is 0 Å². The molecule has 1 amide bonds. The molecule has 1 atom stereocenters. The minimum absolute atomic E-state index is 0.115. The van der Waals surface area contributed by atoms with Gasteiger partial charge < -0.3 is 14.8 Å². The highest BCUT2D eigenvalue weighted by Crippen LogP contribution is 2.23. The Hall–Kier alpha value is -1.66. The quantitative estimate of drug-likeness (QED) is 0.859. The maximum Gasteiger partial charge on any atom is 0.227 e. The molecule has 0 radical (unpaired) electrons. The Bertz CT molecular complexity index is 590. The molecule has 5 nitrogen and oxygen atoms in total. The van der Waals surface area contributed by atoms with E-state index in [-0.39, 0.29) is 24.8 Å². The molecule has 0 aliphatic carbocycles. The second-order valence-electron chi connectivity index (χ2n) is 5.33. The smallest absolute Gasteiger partial charge is 0.227 e. The van der Waals surface area contributed by atoms with Gasteiger partial charge >= 0.3 is 0 Å². The molecule has 2 aromatic rings. The second kappa shape index (κ2) is 6.87. The molecule has 0 aromatic carbocycles. The van der Waals surface area contributed by atoms with E-state index < -0.39 is 6.10 Å². The minimum Gasteiger partial charge on any atom is -0.441 e. The van der Waals surface area contributed by atoms with Crippen LogP contribution in [0.3, 0.4) is 0 Å². The van der Waals surface area contributed by atoms with Gasteiger partial charge in [-0.3, -0.25) is 4.79 Å². The van der Waals surface area contributed by atoms with E-state index in [1.54, 1.807) is 18.3 Å². The summed E-state index contributed by atoms with van der Waals surface area (Å²) in [6, 6.07) is 1.93. The third-order valence-corrected chi connectivity index (χ3v) is 3.95.